The first kappa shape index (κ1) is 10.8. The van der Waals surface area contributed by atoms with E-state index in [0.717, 1.165) is 11.7 Å². The van der Waals surface area contributed by atoms with Crippen LogP contribution in [0.2, 0.25) is 0 Å². The summed E-state index contributed by atoms with van der Waals surface area (Å²) in [4.78, 5) is 4.69. The minimum Gasteiger partial charge on any atom is -0.245 e. The van der Waals surface area contributed by atoms with Gasteiger partial charge >= 0.3 is 0 Å². The molecule has 2 heterocycles. The highest BCUT2D eigenvalue weighted by Gasteiger charge is 2.26. The van der Waals surface area contributed by atoms with Gasteiger partial charge in [0.25, 0.3) is 0 Å². The largest absolute Gasteiger partial charge is 0.245 e. The molecule has 1 aromatic rings. The van der Waals surface area contributed by atoms with E-state index in [0.29, 0.717) is 5.25 Å². The fourth-order valence-electron chi connectivity index (χ4n) is 1.52. The number of aromatic nitrogens is 1. The zero-order chi connectivity index (χ0) is 9.97. The normalized spacial score (nSPS) is 27.9. The summed E-state index contributed by atoms with van der Waals surface area (Å²) < 4.78 is 0. The van der Waals surface area contributed by atoms with Crippen LogP contribution in [-0.2, 0) is 6.42 Å². The van der Waals surface area contributed by atoms with Crippen molar-refractivity contribution in [3.8, 4) is 0 Å². The van der Waals surface area contributed by atoms with Crippen LogP contribution in [0.1, 0.15) is 29.8 Å². The van der Waals surface area contributed by atoms with Gasteiger partial charge in [-0.15, -0.1) is 23.1 Å². The number of thiazole rings is 1. The van der Waals surface area contributed by atoms with Crippen LogP contribution < -0.4 is 0 Å². The van der Waals surface area contributed by atoms with Crippen LogP contribution in [0.4, 0.5) is 0 Å². The molecular weight excluding hydrogens is 230 g/mol. The Morgan fingerprint density at radius 1 is 1.43 bits per heavy atom. The van der Waals surface area contributed by atoms with Crippen molar-refractivity contribution in [1.29, 1.82) is 0 Å². The second kappa shape index (κ2) is 4.90. The van der Waals surface area contributed by atoms with E-state index < -0.39 is 0 Å². The van der Waals surface area contributed by atoms with E-state index in [-0.39, 0.29) is 0 Å². The molecule has 0 spiro atoms. The Bertz CT molecular complexity index is 297. The molecule has 1 aromatic heterocycles. The summed E-state index contributed by atoms with van der Waals surface area (Å²) in [7, 11) is 0. The molecule has 14 heavy (non-hydrogen) atoms. The summed E-state index contributed by atoms with van der Waals surface area (Å²) in [6, 6.07) is 0. The van der Waals surface area contributed by atoms with E-state index in [4.69, 9.17) is 0 Å². The Labute approximate surface area is 98.1 Å². The average Bonchev–Trinajstić information content (AvgIpc) is 2.67. The van der Waals surface area contributed by atoms with Crippen LogP contribution >= 0.6 is 34.9 Å². The second-order valence-electron chi connectivity index (χ2n) is 3.40. The maximum absolute atomic E-state index is 4.69. The highest BCUT2D eigenvalue weighted by atomic mass is 32.2. The minimum absolute atomic E-state index is 0.638. The molecule has 1 fully saturated rings. The van der Waals surface area contributed by atoms with Crippen molar-refractivity contribution in [2.45, 2.75) is 30.8 Å². The van der Waals surface area contributed by atoms with Crippen LogP contribution in [0.15, 0.2) is 5.38 Å². The molecule has 2 rings (SSSR count). The van der Waals surface area contributed by atoms with E-state index in [1.807, 2.05) is 11.3 Å². The highest BCUT2D eigenvalue weighted by Crippen LogP contribution is 2.43. The Morgan fingerprint density at radius 3 is 2.86 bits per heavy atom. The van der Waals surface area contributed by atoms with Crippen molar-refractivity contribution in [1.82, 2.24) is 4.98 Å². The van der Waals surface area contributed by atoms with Crippen molar-refractivity contribution in [3.63, 3.8) is 0 Å². The molecule has 1 saturated heterocycles. The smallest absolute Gasteiger partial charge is 0.107 e. The second-order valence-corrected chi connectivity index (χ2v) is 7.02. The third-order valence-corrected chi connectivity index (χ3v) is 6.59. The van der Waals surface area contributed by atoms with Gasteiger partial charge in [0, 0.05) is 22.1 Å². The minimum atomic E-state index is 0.638. The summed E-state index contributed by atoms with van der Waals surface area (Å²) >= 11 is 6.00. The van der Waals surface area contributed by atoms with E-state index >= 15 is 0 Å². The Balaban J connectivity index is 2.12. The summed E-state index contributed by atoms with van der Waals surface area (Å²) in [6.45, 7) is 4.50. The lowest BCUT2D eigenvalue weighted by molar-refractivity contribution is 0.882. The van der Waals surface area contributed by atoms with Crippen molar-refractivity contribution >= 4 is 34.9 Å². The molecule has 1 aliphatic rings. The summed E-state index contributed by atoms with van der Waals surface area (Å²) in [5.74, 6) is 2.58. The fraction of sp³-hybridized carbons (Fsp3) is 0.700. The van der Waals surface area contributed by atoms with Gasteiger partial charge in [0.2, 0.25) is 0 Å². The third-order valence-electron chi connectivity index (χ3n) is 2.36. The summed E-state index contributed by atoms with van der Waals surface area (Å²) in [5.41, 5.74) is 1.26. The van der Waals surface area contributed by atoms with E-state index in [1.165, 1.54) is 22.2 Å². The van der Waals surface area contributed by atoms with Crippen LogP contribution in [0, 0.1) is 0 Å². The van der Waals surface area contributed by atoms with Crippen molar-refractivity contribution in [3.05, 3.63) is 16.1 Å². The number of thioether (sulfide) groups is 2. The molecule has 0 amide bonds. The molecular formula is C10H15NS3. The Kier molecular flexibility index (Phi) is 3.79. The topological polar surface area (TPSA) is 12.9 Å². The Morgan fingerprint density at radius 2 is 2.21 bits per heavy atom. The van der Waals surface area contributed by atoms with Gasteiger partial charge in [-0.05, 0) is 6.42 Å². The summed E-state index contributed by atoms with van der Waals surface area (Å²) in [6.07, 6.45) is 1.06. The lowest BCUT2D eigenvalue weighted by Gasteiger charge is -2.25. The number of hydrogen-bond donors (Lipinski definition) is 0. The molecule has 0 aromatic carbocycles. The average molecular weight is 245 g/mol. The number of aryl methyl sites for hydroxylation is 1. The Hall–Kier alpha value is 0.330. The number of nitrogens with zero attached hydrogens (tertiary/aromatic N) is 1. The van der Waals surface area contributed by atoms with E-state index in [2.05, 4.69) is 47.7 Å². The first-order valence-corrected chi connectivity index (χ1v) is 7.96. The zero-order valence-electron chi connectivity index (χ0n) is 8.53. The molecule has 2 atom stereocenters. The molecule has 1 aliphatic heterocycles. The SMILES string of the molecule is CCc1csc(C2SCCSC2C)n1. The lowest BCUT2D eigenvalue weighted by atomic mass is 10.3. The van der Waals surface area contributed by atoms with Gasteiger partial charge in [0.05, 0.1) is 10.9 Å². The predicted molar refractivity (Wildman–Crippen MR) is 68.6 cm³/mol. The van der Waals surface area contributed by atoms with Crippen LogP contribution in [0.5, 0.6) is 0 Å². The molecule has 0 bridgehead atoms. The van der Waals surface area contributed by atoms with Crippen molar-refractivity contribution in [2.75, 3.05) is 11.5 Å². The van der Waals surface area contributed by atoms with Gasteiger partial charge < -0.3 is 0 Å². The third kappa shape index (κ3) is 2.28. The standard InChI is InChI=1S/C10H15NS3/c1-3-8-6-14-10(11-8)9-7(2)12-4-5-13-9/h6-7,9H,3-5H2,1-2H3. The monoisotopic (exact) mass is 245 g/mol. The number of rotatable bonds is 2. The first-order valence-electron chi connectivity index (χ1n) is 4.98. The molecule has 4 heteroatoms. The van der Waals surface area contributed by atoms with Crippen LogP contribution in [0.3, 0.4) is 0 Å². The maximum atomic E-state index is 4.69. The molecule has 1 nitrogen and oxygen atoms in total. The van der Waals surface area contributed by atoms with Gasteiger partial charge in [-0.2, -0.15) is 11.8 Å². The van der Waals surface area contributed by atoms with Crippen LogP contribution in [0.25, 0.3) is 0 Å². The molecule has 2 unspecified atom stereocenters. The maximum Gasteiger partial charge on any atom is 0.107 e. The van der Waals surface area contributed by atoms with Crippen LogP contribution in [-0.4, -0.2) is 21.7 Å². The van der Waals surface area contributed by atoms with E-state index in [9.17, 15) is 0 Å². The fourth-order valence-corrected chi connectivity index (χ4v) is 5.60. The zero-order valence-corrected chi connectivity index (χ0v) is 11.0. The van der Waals surface area contributed by atoms with E-state index in [1.54, 1.807) is 0 Å². The summed E-state index contributed by atoms with van der Waals surface area (Å²) in [5, 5.41) is 4.91. The van der Waals surface area contributed by atoms with Crippen molar-refractivity contribution in [2.24, 2.45) is 0 Å². The van der Waals surface area contributed by atoms with Gasteiger partial charge in [-0.3, -0.25) is 0 Å². The molecule has 78 valence electrons. The van der Waals surface area contributed by atoms with Gasteiger partial charge in [0.15, 0.2) is 0 Å². The predicted octanol–water partition coefficient (Wildman–Crippen LogP) is 3.62. The molecule has 0 radical (unpaired) electrons. The number of hydrogen-bond acceptors (Lipinski definition) is 4. The molecule has 0 saturated carbocycles. The molecule has 0 aliphatic carbocycles. The van der Waals surface area contributed by atoms with Gasteiger partial charge in [-0.1, -0.05) is 13.8 Å². The van der Waals surface area contributed by atoms with Gasteiger partial charge in [0.1, 0.15) is 5.01 Å². The van der Waals surface area contributed by atoms with Gasteiger partial charge in [-0.25, -0.2) is 4.98 Å². The lowest BCUT2D eigenvalue weighted by Crippen LogP contribution is -2.15. The molecule has 0 N–H and O–H groups in total. The van der Waals surface area contributed by atoms with Crippen molar-refractivity contribution < 1.29 is 0 Å². The quantitative estimate of drug-likeness (QED) is 0.790. The first-order chi connectivity index (χ1) is 6.81. The highest BCUT2D eigenvalue weighted by molar-refractivity contribution is 8.06.